The lowest BCUT2D eigenvalue weighted by Gasteiger charge is -2.16. The second-order valence-corrected chi connectivity index (χ2v) is 9.81. The lowest BCUT2D eigenvalue weighted by atomic mass is 9.55. The van der Waals surface area contributed by atoms with Gasteiger partial charge >= 0.3 is 13.8 Å². The van der Waals surface area contributed by atoms with Gasteiger partial charge in [-0.3, -0.25) is 0 Å². The van der Waals surface area contributed by atoms with E-state index in [0.29, 0.717) is 13.2 Å². The van der Waals surface area contributed by atoms with Gasteiger partial charge in [0.15, 0.2) is 0 Å². The first-order chi connectivity index (χ1) is 17.3. The minimum atomic E-state index is -0.146. The zero-order chi connectivity index (χ0) is 24.0. The smallest absolute Gasteiger partial charge is 0.361 e. The molecule has 174 valence electrons. The van der Waals surface area contributed by atoms with Gasteiger partial charge in [0.2, 0.25) is 0 Å². The third kappa shape index (κ3) is 5.21. The standard InChI is InChI=1S/C29H29B2NO2S/c1-2-18-33-30(22-9-5-3-6-10-22)24-13-15-28-26(20-24)27-21-25(14-16-29(27)35-28)31(34-19-17-32)23-11-7-4-8-12-23/h3-16,20-21H,2,17-19,32H2,1H3. The van der Waals surface area contributed by atoms with Crippen LogP contribution in [0.2, 0.25) is 0 Å². The fourth-order valence-electron chi connectivity index (χ4n) is 4.59. The number of thiophene rings is 1. The van der Waals surface area contributed by atoms with Crippen LogP contribution >= 0.6 is 11.3 Å². The van der Waals surface area contributed by atoms with Gasteiger partial charge in [-0.2, -0.15) is 0 Å². The molecule has 1 heterocycles. The van der Waals surface area contributed by atoms with Gasteiger partial charge in [-0.1, -0.05) is 91.9 Å². The fraction of sp³-hybridized carbons (Fsp3) is 0.172. The van der Waals surface area contributed by atoms with Crippen molar-refractivity contribution >= 4 is 67.2 Å². The van der Waals surface area contributed by atoms with Crippen LogP contribution in [0.3, 0.4) is 0 Å². The SMILES string of the molecule is CCCOB(c1ccccc1)c1ccc2sc3ccc(B(OCCN)c4ccccc4)cc3c2c1. The molecule has 5 aromatic rings. The van der Waals surface area contributed by atoms with Crippen molar-refractivity contribution in [3.05, 3.63) is 97.1 Å². The van der Waals surface area contributed by atoms with Gasteiger partial charge in [0.05, 0.1) is 0 Å². The van der Waals surface area contributed by atoms with E-state index < -0.39 is 0 Å². The van der Waals surface area contributed by atoms with Gasteiger partial charge in [-0.25, -0.2) is 0 Å². The monoisotopic (exact) mass is 477 g/mol. The van der Waals surface area contributed by atoms with E-state index in [0.717, 1.165) is 24.0 Å². The van der Waals surface area contributed by atoms with Crippen molar-refractivity contribution in [3.8, 4) is 0 Å². The van der Waals surface area contributed by atoms with Gasteiger partial charge in [0, 0.05) is 29.2 Å². The molecule has 35 heavy (non-hydrogen) atoms. The molecule has 0 amide bonds. The first-order valence-corrected chi connectivity index (χ1v) is 13.1. The molecule has 2 N–H and O–H groups in total. The summed E-state index contributed by atoms with van der Waals surface area (Å²) in [5.74, 6) is 0. The van der Waals surface area contributed by atoms with Crippen molar-refractivity contribution in [2.75, 3.05) is 19.8 Å². The highest BCUT2D eigenvalue weighted by atomic mass is 32.1. The van der Waals surface area contributed by atoms with E-state index >= 15 is 0 Å². The van der Waals surface area contributed by atoms with Crippen LogP contribution in [0.15, 0.2) is 97.1 Å². The molecule has 0 aliphatic carbocycles. The predicted octanol–water partition coefficient (Wildman–Crippen LogP) is 3.67. The summed E-state index contributed by atoms with van der Waals surface area (Å²) in [7, 11) is 0. The first kappa shape index (κ1) is 23.8. The molecule has 0 aliphatic rings. The van der Waals surface area contributed by atoms with Gasteiger partial charge in [-0.15, -0.1) is 11.3 Å². The molecule has 0 bridgehead atoms. The van der Waals surface area contributed by atoms with Crippen LogP contribution in [-0.4, -0.2) is 33.6 Å². The van der Waals surface area contributed by atoms with E-state index in [2.05, 4.69) is 91.9 Å². The molecule has 0 unspecified atom stereocenters. The minimum absolute atomic E-state index is 0.0800. The van der Waals surface area contributed by atoms with E-state index in [1.807, 2.05) is 23.5 Å². The fourth-order valence-corrected chi connectivity index (χ4v) is 5.65. The minimum Gasteiger partial charge on any atom is -0.427 e. The molecule has 0 saturated heterocycles. The van der Waals surface area contributed by atoms with Crippen molar-refractivity contribution < 1.29 is 9.31 Å². The highest BCUT2D eigenvalue weighted by molar-refractivity contribution is 7.25. The van der Waals surface area contributed by atoms with Crippen LogP contribution in [-0.2, 0) is 9.31 Å². The van der Waals surface area contributed by atoms with Crippen molar-refractivity contribution in [3.63, 3.8) is 0 Å². The zero-order valence-corrected chi connectivity index (χ0v) is 20.8. The van der Waals surface area contributed by atoms with Gasteiger partial charge < -0.3 is 15.0 Å². The summed E-state index contributed by atoms with van der Waals surface area (Å²) < 4.78 is 15.1. The Hall–Kier alpha value is -2.89. The Labute approximate surface area is 212 Å². The Morgan fingerprint density at radius 2 is 1.11 bits per heavy atom. The maximum atomic E-state index is 6.34. The Bertz CT molecular complexity index is 1290. The molecule has 0 fully saturated rings. The van der Waals surface area contributed by atoms with E-state index in [1.54, 1.807) is 0 Å². The highest BCUT2D eigenvalue weighted by Crippen LogP contribution is 2.32. The quantitative estimate of drug-likeness (QED) is 0.313. The molecule has 0 radical (unpaired) electrons. The molecule has 4 aromatic carbocycles. The summed E-state index contributed by atoms with van der Waals surface area (Å²) in [6.45, 7) is 3.66. The van der Waals surface area contributed by atoms with Crippen LogP contribution in [0.1, 0.15) is 13.3 Å². The first-order valence-electron chi connectivity index (χ1n) is 12.3. The molecule has 1 aromatic heterocycles. The maximum absolute atomic E-state index is 6.34. The van der Waals surface area contributed by atoms with E-state index in [4.69, 9.17) is 15.0 Å². The third-order valence-electron chi connectivity index (χ3n) is 6.22. The lowest BCUT2D eigenvalue weighted by molar-refractivity contribution is 0.333. The number of fused-ring (bicyclic) bond motifs is 3. The zero-order valence-electron chi connectivity index (χ0n) is 20.0. The summed E-state index contributed by atoms with van der Waals surface area (Å²) in [6, 6.07) is 34.3. The van der Waals surface area contributed by atoms with Crippen LogP contribution in [0.5, 0.6) is 0 Å². The number of nitrogens with two attached hydrogens (primary N) is 1. The lowest BCUT2D eigenvalue weighted by Crippen LogP contribution is -2.45. The Kier molecular flexibility index (Phi) is 7.65. The van der Waals surface area contributed by atoms with Gasteiger partial charge in [-0.05, 0) is 51.2 Å². The summed E-state index contributed by atoms with van der Waals surface area (Å²) in [5, 5.41) is 2.51. The third-order valence-corrected chi connectivity index (χ3v) is 7.37. The van der Waals surface area contributed by atoms with Crippen molar-refractivity contribution in [2.24, 2.45) is 5.73 Å². The van der Waals surface area contributed by atoms with Crippen LogP contribution in [0.25, 0.3) is 20.2 Å². The van der Waals surface area contributed by atoms with Crippen LogP contribution in [0.4, 0.5) is 0 Å². The van der Waals surface area contributed by atoms with E-state index in [-0.39, 0.29) is 13.8 Å². The molecular weight excluding hydrogens is 448 g/mol. The Balaban J connectivity index is 1.59. The van der Waals surface area contributed by atoms with Crippen LogP contribution < -0.4 is 27.6 Å². The molecule has 0 atom stereocenters. The summed E-state index contributed by atoms with van der Waals surface area (Å²) in [6.07, 6.45) is 0.986. The predicted molar refractivity (Wildman–Crippen MR) is 154 cm³/mol. The average Bonchev–Trinajstić information content (AvgIpc) is 3.28. The highest BCUT2D eigenvalue weighted by Gasteiger charge is 2.24. The molecule has 6 heteroatoms. The summed E-state index contributed by atoms with van der Waals surface area (Å²) in [4.78, 5) is 0. The van der Waals surface area contributed by atoms with Crippen molar-refractivity contribution in [2.45, 2.75) is 13.3 Å². The second-order valence-electron chi connectivity index (χ2n) is 8.72. The Morgan fingerprint density at radius 1 is 0.629 bits per heavy atom. The van der Waals surface area contributed by atoms with Crippen molar-refractivity contribution in [1.82, 2.24) is 0 Å². The molecule has 0 aliphatic heterocycles. The van der Waals surface area contributed by atoms with E-state index in [1.165, 1.54) is 31.1 Å². The maximum Gasteiger partial charge on any atom is 0.361 e. The molecule has 3 nitrogen and oxygen atoms in total. The second kappa shape index (κ2) is 11.2. The number of hydrogen-bond donors (Lipinski definition) is 1. The molecule has 5 rings (SSSR count). The number of rotatable bonds is 10. The van der Waals surface area contributed by atoms with Crippen molar-refractivity contribution in [1.29, 1.82) is 0 Å². The van der Waals surface area contributed by atoms with E-state index in [9.17, 15) is 0 Å². The van der Waals surface area contributed by atoms with Crippen LogP contribution in [0, 0.1) is 0 Å². The summed E-state index contributed by atoms with van der Waals surface area (Å²) in [5.41, 5.74) is 10.4. The molecular formula is C29H29B2NO2S. The molecule has 0 spiro atoms. The van der Waals surface area contributed by atoms with Gasteiger partial charge in [0.1, 0.15) is 0 Å². The normalized spacial score (nSPS) is 11.3. The topological polar surface area (TPSA) is 44.5 Å². The average molecular weight is 477 g/mol. The largest absolute Gasteiger partial charge is 0.427 e. The van der Waals surface area contributed by atoms with Gasteiger partial charge in [0.25, 0.3) is 0 Å². The number of hydrogen-bond acceptors (Lipinski definition) is 4. The summed E-state index contributed by atoms with van der Waals surface area (Å²) >= 11 is 1.83. The Morgan fingerprint density at radius 3 is 1.57 bits per heavy atom. The molecule has 0 saturated carbocycles. The number of benzene rings is 4.